The molecule has 0 bridgehead atoms. The van der Waals surface area contributed by atoms with Crippen molar-refractivity contribution in [3.8, 4) is 5.75 Å². The van der Waals surface area contributed by atoms with Gasteiger partial charge in [-0.2, -0.15) is 0 Å². The molecule has 0 aliphatic heterocycles. The van der Waals surface area contributed by atoms with Gasteiger partial charge in [-0.25, -0.2) is 4.79 Å². The molecule has 1 rings (SSSR count). The fourth-order valence-corrected chi connectivity index (χ4v) is 1.93. The van der Waals surface area contributed by atoms with E-state index in [1.54, 1.807) is 24.3 Å². The molecule has 0 radical (unpaired) electrons. The van der Waals surface area contributed by atoms with Gasteiger partial charge in [-0.3, -0.25) is 4.90 Å². The second-order valence-corrected chi connectivity index (χ2v) is 5.61. The van der Waals surface area contributed by atoms with Crippen molar-refractivity contribution >= 4 is 5.97 Å². The molecule has 21 heavy (non-hydrogen) atoms. The maximum absolute atomic E-state index is 10.8. The molecule has 0 spiro atoms. The Kier molecular flexibility index (Phi) is 7.19. The molecule has 0 amide bonds. The standard InChI is InChI=1S/C16H26N2O3/c1-13(2)18(10-9-17(3)4)11-12-21-15-7-5-14(6-8-15)16(19)20/h5-8,13H,9-12H2,1-4H3,(H,19,20). The molecule has 0 atom stereocenters. The van der Waals surface area contributed by atoms with Crippen molar-refractivity contribution < 1.29 is 14.6 Å². The van der Waals surface area contributed by atoms with Crippen LogP contribution in [0.4, 0.5) is 0 Å². The predicted molar refractivity (Wildman–Crippen MR) is 84.2 cm³/mol. The van der Waals surface area contributed by atoms with Gasteiger partial charge >= 0.3 is 5.97 Å². The molecule has 1 aromatic carbocycles. The minimum absolute atomic E-state index is 0.275. The van der Waals surface area contributed by atoms with E-state index < -0.39 is 5.97 Å². The van der Waals surface area contributed by atoms with E-state index in [4.69, 9.17) is 9.84 Å². The Bertz CT molecular complexity index is 430. The number of aromatic carboxylic acids is 1. The number of carbonyl (C=O) groups is 1. The summed E-state index contributed by atoms with van der Waals surface area (Å²) in [6, 6.07) is 6.99. The summed E-state index contributed by atoms with van der Waals surface area (Å²) in [6.45, 7) is 7.83. The Balaban J connectivity index is 2.40. The third kappa shape index (κ3) is 6.60. The Morgan fingerprint density at radius 2 is 1.76 bits per heavy atom. The second-order valence-electron chi connectivity index (χ2n) is 5.61. The molecular weight excluding hydrogens is 268 g/mol. The molecule has 1 aromatic rings. The molecule has 118 valence electrons. The van der Waals surface area contributed by atoms with Crippen LogP contribution < -0.4 is 4.74 Å². The van der Waals surface area contributed by atoms with Crippen molar-refractivity contribution in [1.29, 1.82) is 0 Å². The third-order valence-electron chi connectivity index (χ3n) is 3.31. The molecule has 0 saturated carbocycles. The molecule has 1 N–H and O–H groups in total. The van der Waals surface area contributed by atoms with Crippen LogP contribution >= 0.6 is 0 Å². The lowest BCUT2D eigenvalue weighted by Gasteiger charge is -2.27. The summed E-state index contributed by atoms with van der Waals surface area (Å²) in [7, 11) is 4.14. The SMILES string of the molecule is CC(C)N(CCOc1ccc(C(=O)O)cc1)CCN(C)C. The van der Waals surface area contributed by atoms with E-state index in [1.165, 1.54) is 0 Å². The van der Waals surface area contributed by atoms with E-state index in [9.17, 15) is 4.79 Å². The summed E-state index contributed by atoms with van der Waals surface area (Å²) in [5, 5.41) is 8.84. The van der Waals surface area contributed by atoms with E-state index in [0.717, 1.165) is 19.6 Å². The third-order valence-corrected chi connectivity index (χ3v) is 3.31. The van der Waals surface area contributed by atoms with Crippen LogP contribution in [0.25, 0.3) is 0 Å². The van der Waals surface area contributed by atoms with Gasteiger partial charge in [-0.05, 0) is 52.2 Å². The summed E-state index contributed by atoms with van der Waals surface area (Å²) < 4.78 is 5.68. The summed E-state index contributed by atoms with van der Waals surface area (Å²) >= 11 is 0. The molecule has 0 aliphatic rings. The smallest absolute Gasteiger partial charge is 0.335 e. The average Bonchev–Trinajstić information content (AvgIpc) is 2.42. The fraction of sp³-hybridized carbons (Fsp3) is 0.562. The second kappa shape index (κ2) is 8.64. The van der Waals surface area contributed by atoms with Gasteiger partial charge in [-0.1, -0.05) is 0 Å². The first-order chi connectivity index (χ1) is 9.90. The van der Waals surface area contributed by atoms with Gasteiger partial charge in [0.25, 0.3) is 0 Å². The summed E-state index contributed by atoms with van der Waals surface area (Å²) in [4.78, 5) is 15.3. The molecule has 5 nitrogen and oxygen atoms in total. The van der Waals surface area contributed by atoms with E-state index in [-0.39, 0.29) is 5.56 Å². The van der Waals surface area contributed by atoms with Gasteiger partial charge in [0, 0.05) is 25.7 Å². The first kappa shape index (κ1) is 17.5. The normalized spacial score (nSPS) is 11.4. The lowest BCUT2D eigenvalue weighted by atomic mass is 10.2. The highest BCUT2D eigenvalue weighted by Crippen LogP contribution is 2.12. The van der Waals surface area contributed by atoms with E-state index in [0.29, 0.717) is 18.4 Å². The number of nitrogens with zero attached hydrogens (tertiary/aromatic N) is 2. The zero-order valence-corrected chi connectivity index (χ0v) is 13.4. The minimum atomic E-state index is -0.920. The lowest BCUT2D eigenvalue weighted by molar-refractivity contribution is 0.0697. The van der Waals surface area contributed by atoms with E-state index in [2.05, 4.69) is 37.7 Å². The first-order valence-corrected chi connectivity index (χ1v) is 7.25. The number of rotatable bonds is 9. The van der Waals surface area contributed by atoms with Crippen molar-refractivity contribution in [1.82, 2.24) is 9.80 Å². The van der Waals surface area contributed by atoms with Crippen LogP contribution in [0, 0.1) is 0 Å². The van der Waals surface area contributed by atoms with Crippen LogP contribution in [0.2, 0.25) is 0 Å². The number of ether oxygens (including phenoxy) is 1. The fourth-order valence-electron chi connectivity index (χ4n) is 1.93. The van der Waals surface area contributed by atoms with Crippen LogP contribution in [0.1, 0.15) is 24.2 Å². The summed E-state index contributed by atoms with van der Waals surface area (Å²) in [6.07, 6.45) is 0. The first-order valence-electron chi connectivity index (χ1n) is 7.25. The Hall–Kier alpha value is -1.59. The quantitative estimate of drug-likeness (QED) is 0.755. The van der Waals surface area contributed by atoms with Crippen molar-refractivity contribution in [3.63, 3.8) is 0 Å². The molecule has 0 fully saturated rings. The number of hydrogen-bond donors (Lipinski definition) is 1. The maximum atomic E-state index is 10.8. The van der Waals surface area contributed by atoms with Gasteiger partial charge in [0.15, 0.2) is 0 Å². The van der Waals surface area contributed by atoms with Crippen LogP contribution in [-0.2, 0) is 0 Å². The topological polar surface area (TPSA) is 53.0 Å². The zero-order chi connectivity index (χ0) is 15.8. The van der Waals surface area contributed by atoms with E-state index >= 15 is 0 Å². The van der Waals surface area contributed by atoms with Crippen LogP contribution in [0.15, 0.2) is 24.3 Å². The summed E-state index contributed by atoms with van der Waals surface area (Å²) in [5.74, 6) is -0.215. The van der Waals surface area contributed by atoms with Gasteiger partial charge in [0.05, 0.1) is 5.56 Å². The number of hydrogen-bond acceptors (Lipinski definition) is 4. The van der Waals surface area contributed by atoms with Crippen molar-refractivity contribution in [2.24, 2.45) is 0 Å². The largest absolute Gasteiger partial charge is 0.492 e. The molecular formula is C16H26N2O3. The monoisotopic (exact) mass is 294 g/mol. The Morgan fingerprint density at radius 3 is 2.24 bits per heavy atom. The maximum Gasteiger partial charge on any atom is 0.335 e. The molecule has 5 heteroatoms. The highest BCUT2D eigenvalue weighted by Gasteiger charge is 2.10. The lowest BCUT2D eigenvalue weighted by Crippen LogP contribution is -2.39. The van der Waals surface area contributed by atoms with Gasteiger partial charge < -0.3 is 14.7 Å². The number of likely N-dealkylation sites (N-methyl/N-ethyl adjacent to an activating group) is 1. The Morgan fingerprint density at radius 1 is 1.14 bits per heavy atom. The number of carboxylic acid groups (broad SMARTS) is 1. The molecule has 0 saturated heterocycles. The highest BCUT2D eigenvalue weighted by atomic mass is 16.5. The summed E-state index contributed by atoms with van der Waals surface area (Å²) in [5.41, 5.74) is 0.275. The Labute approximate surface area is 127 Å². The zero-order valence-electron chi connectivity index (χ0n) is 13.4. The molecule has 0 aromatic heterocycles. The van der Waals surface area contributed by atoms with Crippen molar-refractivity contribution in [2.75, 3.05) is 40.3 Å². The van der Waals surface area contributed by atoms with Crippen LogP contribution in [0.5, 0.6) is 5.75 Å². The average molecular weight is 294 g/mol. The van der Waals surface area contributed by atoms with E-state index in [1.807, 2.05) is 0 Å². The number of benzene rings is 1. The number of carboxylic acids is 1. The van der Waals surface area contributed by atoms with Crippen molar-refractivity contribution in [2.45, 2.75) is 19.9 Å². The van der Waals surface area contributed by atoms with Crippen LogP contribution in [0.3, 0.4) is 0 Å². The van der Waals surface area contributed by atoms with Crippen molar-refractivity contribution in [3.05, 3.63) is 29.8 Å². The highest BCUT2D eigenvalue weighted by molar-refractivity contribution is 5.87. The van der Waals surface area contributed by atoms with Crippen LogP contribution in [-0.4, -0.2) is 67.3 Å². The van der Waals surface area contributed by atoms with Gasteiger partial charge in [0.2, 0.25) is 0 Å². The van der Waals surface area contributed by atoms with Gasteiger partial charge in [0.1, 0.15) is 12.4 Å². The predicted octanol–water partition coefficient (Wildman–Crippen LogP) is 2.04. The van der Waals surface area contributed by atoms with Gasteiger partial charge in [-0.15, -0.1) is 0 Å². The minimum Gasteiger partial charge on any atom is -0.492 e. The molecule has 0 unspecified atom stereocenters. The molecule has 0 heterocycles. The molecule has 0 aliphatic carbocycles.